The molecule has 0 spiro atoms. The van der Waals surface area contributed by atoms with Crippen molar-refractivity contribution in [2.24, 2.45) is 5.92 Å². The predicted molar refractivity (Wildman–Crippen MR) is 35.6 cm³/mol. The van der Waals surface area contributed by atoms with E-state index < -0.39 is 0 Å². The zero-order chi connectivity index (χ0) is 6.10. The van der Waals surface area contributed by atoms with Crippen molar-refractivity contribution in [3.8, 4) is 0 Å². The molecule has 2 unspecified atom stereocenters. The quantitative estimate of drug-likeness (QED) is 0.387. The van der Waals surface area contributed by atoms with Gasteiger partial charge in [-0.05, 0) is 18.8 Å². The molecule has 2 heterocycles. The van der Waals surface area contributed by atoms with Crippen LogP contribution in [0.1, 0.15) is 12.8 Å². The van der Waals surface area contributed by atoms with Gasteiger partial charge in [-0.1, -0.05) is 0 Å². The van der Waals surface area contributed by atoms with Crippen molar-refractivity contribution in [3.05, 3.63) is 5.32 Å². The molecule has 2 rings (SSSR count). The first kappa shape index (κ1) is 9.64. The third kappa shape index (κ3) is 2.03. The molecular weight excluding hydrogens is 153 g/mol. The van der Waals surface area contributed by atoms with Crippen LogP contribution in [0.2, 0.25) is 0 Å². The number of rotatable bonds is 0. The zero-order valence-electron chi connectivity index (χ0n) is 6.55. The van der Waals surface area contributed by atoms with Crippen molar-refractivity contribution in [2.45, 2.75) is 18.9 Å². The van der Waals surface area contributed by atoms with Crippen molar-refractivity contribution >= 4 is 0 Å². The van der Waals surface area contributed by atoms with Gasteiger partial charge in [0.2, 0.25) is 0 Å². The van der Waals surface area contributed by atoms with E-state index in [1.807, 2.05) is 0 Å². The average Bonchev–Trinajstić information content (AvgIpc) is 2.33. The van der Waals surface area contributed by atoms with Gasteiger partial charge in [0.25, 0.3) is 0 Å². The Bertz CT molecular complexity index is 97.8. The van der Waals surface area contributed by atoms with Crippen LogP contribution < -0.4 is 51.4 Å². The molecule has 2 aliphatic rings. The first-order chi connectivity index (χ1) is 4.47. The molecule has 2 atom stereocenters. The molecule has 10 heavy (non-hydrogen) atoms. The Balaban J connectivity index is 0.000000500. The van der Waals surface area contributed by atoms with Crippen molar-refractivity contribution in [1.29, 1.82) is 0 Å². The van der Waals surface area contributed by atoms with Crippen molar-refractivity contribution in [2.75, 3.05) is 19.7 Å². The van der Waals surface area contributed by atoms with E-state index in [-0.39, 0.29) is 51.4 Å². The second-order valence-corrected chi connectivity index (χ2v) is 2.88. The maximum Gasteiger partial charge on any atom is 1.00 e. The molecule has 2 saturated heterocycles. The average molecular weight is 165 g/mol. The molecule has 0 aromatic rings. The van der Waals surface area contributed by atoms with Crippen LogP contribution in [0.3, 0.4) is 0 Å². The minimum atomic E-state index is 0. The Morgan fingerprint density at radius 1 is 1.30 bits per heavy atom. The molecule has 3 heteroatoms. The predicted octanol–water partition coefficient (Wildman–Crippen LogP) is -1.83. The largest absolute Gasteiger partial charge is 1.00 e. The van der Waals surface area contributed by atoms with Crippen LogP contribution in [0.4, 0.5) is 0 Å². The fraction of sp³-hybridized carbons (Fsp3) is 1.00. The third-order valence-electron chi connectivity index (χ3n) is 2.28. The van der Waals surface area contributed by atoms with Gasteiger partial charge in [-0.3, -0.25) is 0 Å². The van der Waals surface area contributed by atoms with Gasteiger partial charge in [-0.15, -0.1) is 13.1 Å². The minimum absolute atomic E-state index is 0. The molecule has 2 fully saturated rings. The van der Waals surface area contributed by atoms with Crippen LogP contribution in [-0.2, 0) is 4.74 Å². The molecule has 0 aromatic carbocycles. The van der Waals surface area contributed by atoms with Gasteiger partial charge < -0.3 is 10.1 Å². The molecule has 0 bridgehead atoms. The summed E-state index contributed by atoms with van der Waals surface area (Å²) in [7, 11) is 0. The summed E-state index contributed by atoms with van der Waals surface area (Å²) in [5, 5.41) is 4.34. The van der Waals surface area contributed by atoms with E-state index in [0.717, 1.165) is 25.6 Å². The van der Waals surface area contributed by atoms with Gasteiger partial charge >= 0.3 is 51.4 Å². The van der Waals surface area contributed by atoms with Crippen molar-refractivity contribution < 1.29 is 56.1 Å². The molecule has 0 aliphatic carbocycles. The van der Waals surface area contributed by atoms with Crippen molar-refractivity contribution in [3.63, 3.8) is 0 Å². The number of hydrogen-bond acceptors (Lipinski definition) is 1. The normalized spacial score (nSPS) is 38.4. The van der Waals surface area contributed by atoms with Gasteiger partial charge in [-0.25, -0.2) is 0 Å². The van der Waals surface area contributed by atoms with E-state index in [2.05, 4.69) is 5.32 Å². The van der Waals surface area contributed by atoms with E-state index in [1.54, 1.807) is 0 Å². The molecule has 0 amide bonds. The van der Waals surface area contributed by atoms with Crippen LogP contribution in [-0.4, -0.2) is 25.8 Å². The second-order valence-electron chi connectivity index (χ2n) is 2.88. The van der Waals surface area contributed by atoms with Crippen LogP contribution in [0.15, 0.2) is 0 Å². The minimum Gasteiger partial charge on any atom is -0.662 e. The molecule has 0 N–H and O–H groups in total. The van der Waals surface area contributed by atoms with Gasteiger partial charge in [0, 0.05) is 6.61 Å². The molecule has 2 aliphatic heterocycles. The smallest absolute Gasteiger partial charge is 0.662 e. The zero-order valence-corrected chi connectivity index (χ0v) is 9.67. The number of piperidine rings is 1. The van der Waals surface area contributed by atoms with Crippen LogP contribution in [0.25, 0.3) is 5.32 Å². The third-order valence-corrected chi connectivity index (χ3v) is 2.28. The standard InChI is InChI=1S/C7H12NO.K/c1-3-8-5-6-2-4-9-7(1)6;/h6-7H,1-5H2;/q-1;+1. The maximum absolute atomic E-state index is 5.50. The Kier molecular flexibility index (Phi) is 4.39. The Morgan fingerprint density at radius 3 is 3.00 bits per heavy atom. The number of nitrogens with zero attached hydrogens (tertiary/aromatic N) is 1. The van der Waals surface area contributed by atoms with Gasteiger partial charge in [0.15, 0.2) is 0 Å². The summed E-state index contributed by atoms with van der Waals surface area (Å²) in [6.07, 6.45) is 2.99. The van der Waals surface area contributed by atoms with Gasteiger partial charge in [0.1, 0.15) is 0 Å². The van der Waals surface area contributed by atoms with Crippen molar-refractivity contribution in [1.82, 2.24) is 0 Å². The Hall–Kier alpha value is 1.56. The summed E-state index contributed by atoms with van der Waals surface area (Å²) < 4.78 is 5.50. The summed E-state index contributed by atoms with van der Waals surface area (Å²) in [6.45, 7) is 3.07. The maximum atomic E-state index is 5.50. The second kappa shape index (κ2) is 4.55. The fourth-order valence-electron chi connectivity index (χ4n) is 1.70. The Morgan fingerprint density at radius 2 is 2.20 bits per heavy atom. The molecule has 0 saturated carbocycles. The summed E-state index contributed by atoms with van der Waals surface area (Å²) in [5.41, 5.74) is 0. The molecule has 0 radical (unpaired) electrons. The van der Waals surface area contributed by atoms with E-state index in [0.29, 0.717) is 6.10 Å². The van der Waals surface area contributed by atoms with Gasteiger partial charge in [0.05, 0.1) is 6.10 Å². The summed E-state index contributed by atoms with van der Waals surface area (Å²) in [6, 6.07) is 0. The first-order valence-corrected chi connectivity index (χ1v) is 3.71. The first-order valence-electron chi connectivity index (χ1n) is 3.71. The SMILES string of the molecule is C1CC2OCCC2C[N-]1.[K+]. The summed E-state index contributed by atoms with van der Waals surface area (Å²) in [5.74, 6) is 0.777. The van der Waals surface area contributed by atoms with E-state index in [1.165, 1.54) is 12.8 Å². The Labute approximate surface area is 105 Å². The van der Waals surface area contributed by atoms with E-state index in [4.69, 9.17) is 4.74 Å². The van der Waals surface area contributed by atoms with Gasteiger partial charge in [-0.2, -0.15) is 0 Å². The van der Waals surface area contributed by atoms with Crippen LogP contribution >= 0.6 is 0 Å². The number of ether oxygens (including phenoxy) is 1. The van der Waals surface area contributed by atoms with Crippen LogP contribution in [0.5, 0.6) is 0 Å². The fourth-order valence-corrected chi connectivity index (χ4v) is 1.70. The monoisotopic (exact) mass is 165 g/mol. The number of hydrogen-bond donors (Lipinski definition) is 0. The van der Waals surface area contributed by atoms with E-state index >= 15 is 0 Å². The van der Waals surface area contributed by atoms with Crippen LogP contribution in [0, 0.1) is 5.92 Å². The summed E-state index contributed by atoms with van der Waals surface area (Å²) >= 11 is 0. The molecular formula is C7H12KNO. The topological polar surface area (TPSA) is 23.3 Å². The molecule has 52 valence electrons. The van der Waals surface area contributed by atoms with E-state index in [9.17, 15) is 0 Å². The number of fused-ring (bicyclic) bond motifs is 1. The molecule has 0 aromatic heterocycles. The summed E-state index contributed by atoms with van der Waals surface area (Å²) in [4.78, 5) is 0. The molecule has 2 nitrogen and oxygen atoms in total.